The molecule has 0 fully saturated rings. The number of rotatable bonds is 4. The predicted molar refractivity (Wildman–Crippen MR) is 72.8 cm³/mol. The molecule has 0 aliphatic rings. The number of hydrogen-bond donors (Lipinski definition) is 0. The first-order valence-corrected chi connectivity index (χ1v) is 6.39. The van der Waals surface area contributed by atoms with Crippen LogP contribution in [-0.2, 0) is 17.5 Å². The molecular formula is C14H13F3N4O. The van der Waals surface area contributed by atoms with Gasteiger partial charge >= 0.3 is 6.18 Å². The van der Waals surface area contributed by atoms with Crippen molar-refractivity contribution in [3.63, 3.8) is 0 Å². The number of carbonyl (C=O) groups is 1. The summed E-state index contributed by atoms with van der Waals surface area (Å²) in [6.07, 6.45) is -1.67. The summed E-state index contributed by atoms with van der Waals surface area (Å²) in [6, 6.07) is 3.32. The average molecular weight is 310 g/mol. The van der Waals surface area contributed by atoms with Crippen LogP contribution in [0.25, 0.3) is 6.08 Å². The van der Waals surface area contributed by atoms with Gasteiger partial charge in [0.05, 0.1) is 12.1 Å². The molecule has 2 rings (SSSR count). The Hall–Kier alpha value is -2.51. The zero-order valence-corrected chi connectivity index (χ0v) is 11.9. The fraction of sp³-hybridized carbons (Fsp3) is 0.286. The maximum Gasteiger partial charge on any atom is 0.416 e. The Morgan fingerprint density at radius 2 is 2.09 bits per heavy atom. The van der Waals surface area contributed by atoms with Gasteiger partial charge in [0.25, 0.3) is 0 Å². The lowest BCUT2D eigenvalue weighted by Crippen LogP contribution is -2.10. The van der Waals surface area contributed by atoms with E-state index in [2.05, 4.69) is 15.4 Å². The number of alkyl halides is 3. The molecule has 8 heteroatoms. The van der Waals surface area contributed by atoms with Crippen molar-refractivity contribution in [3.05, 3.63) is 46.8 Å². The third-order valence-corrected chi connectivity index (χ3v) is 2.83. The van der Waals surface area contributed by atoms with Crippen LogP contribution >= 0.6 is 0 Å². The molecule has 1 aromatic carbocycles. The lowest BCUT2D eigenvalue weighted by atomic mass is 10.0. The van der Waals surface area contributed by atoms with Gasteiger partial charge in [0.1, 0.15) is 0 Å². The highest BCUT2D eigenvalue weighted by Crippen LogP contribution is 2.31. The predicted octanol–water partition coefficient (Wildman–Crippen LogP) is 2.65. The lowest BCUT2D eigenvalue weighted by Gasteiger charge is -2.11. The first-order chi connectivity index (χ1) is 10.3. The molecular weight excluding hydrogens is 297 g/mol. The lowest BCUT2D eigenvalue weighted by molar-refractivity contribution is -0.137. The summed E-state index contributed by atoms with van der Waals surface area (Å²) < 4.78 is 38.5. The molecule has 0 radical (unpaired) electrons. The number of tetrazole rings is 1. The van der Waals surface area contributed by atoms with E-state index in [9.17, 15) is 18.0 Å². The van der Waals surface area contributed by atoms with Gasteiger partial charge in [0.2, 0.25) is 0 Å². The minimum absolute atomic E-state index is 0.0301. The second-order valence-corrected chi connectivity index (χ2v) is 4.72. The van der Waals surface area contributed by atoms with E-state index in [4.69, 9.17) is 0 Å². The Bertz CT molecular complexity index is 719. The number of carbonyl (C=O) groups excluding carboxylic acids is 1. The minimum atomic E-state index is -4.44. The molecule has 0 saturated heterocycles. The van der Waals surface area contributed by atoms with E-state index < -0.39 is 11.7 Å². The largest absolute Gasteiger partial charge is 0.416 e. The van der Waals surface area contributed by atoms with Crippen molar-refractivity contribution in [2.24, 2.45) is 0 Å². The van der Waals surface area contributed by atoms with Gasteiger partial charge in [-0.1, -0.05) is 12.1 Å². The first kappa shape index (κ1) is 15.9. The molecule has 1 heterocycles. The minimum Gasteiger partial charge on any atom is -0.295 e. The van der Waals surface area contributed by atoms with Crippen molar-refractivity contribution in [2.75, 3.05) is 0 Å². The monoisotopic (exact) mass is 310 g/mol. The second-order valence-electron chi connectivity index (χ2n) is 4.72. The third kappa shape index (κ3) is 4.00. The van der Waals surface area contributed by atoms with Crippen LogP contribution in [0.4, 0.5) is 13.2 Å². The van der Waals surface area contributed by atoms with Gasteiger partial charge in [-0.05, 0) is 48.4 Å². The number of aryl methyl sites for hydroxylation is 1. The van der Waals surface area contributed by atoms with E-state index in [1.807, 2.05) is 0 Å². The van der Waals surface area contributed by atoms with E-state index in [0.717, 1.165) is 12.1 Å². The molecule has 0 aliphatic heterocycles. The summed E-state index contributed by atoms with van der Waals surface area (Å²) in [5.41, 5.74) is 0.0854. The van der Waals surface area contributed by atoms with Gasteiger partial charge in [-0.25, -0.2) is 0 Å². The zero-order valence-electron chi connectivity index (χ0n) is 11.9. The van der Waals surface area contributed by atoms with Gasteiger partial charge in [-0.15, -0.1) is 10.2 Å². The highest BCUT2D eigenvalue weighted by Gasteiger charge is 2.30. The number of halogens is 3. The molecule has 2 aromatic rings. The summed E-state index contributed by atoms with van der Waals surface area (Å²) in [5.74, 6) is 0.230. The number of aromatic nitrogens is 4. The summed E-state index contributed by atoms with van der Waals surface area (Å²) in [5, 5.41) is 11.4. The number of benzene rings is 1. The van der Waals surface area contributed by atoms with Crippen molar-refractivity contribution >= 4 is 11.9 Å². The van der Waals surface area contributed by atoms with Gasteiger partial charge in [0, 0.05) is 0 Å². The smallest absolute Gasteiger partial charge is 0.295 e. The Kier molecular flexibility index (Phi) is 4.39. The molecule has 1 aromatic heterocycles. The van der Waals surface area contributed by atoms with Crippen LogP contribution in [0, 0.1) is 6.92 Å². The molecule has 0 unspecified atom stereocenters. The Labute approximate surface area is 124 Å². The average Bonchev–Trinajstić information content (AvgIpc) is 2.81. The van der Waals surface area contributed by atoms with E-state index in [0.29, 0.717) is 17.0 Å². The summed E-state index contributed by atoms with van der Waals surface area (Å²) in [6.45, 7) is 3.02. The third-order valence-electron chi connectivity index (χ3n) is 2.83. The topological polar surface area (TPSA) is 60.7 Å². The van der Waals surface area contributed by atoms with Crippen molar-refractivity contribution in [1.29, 1.82) is 0 Å². The van der Waals surface area contributed by atoms with Crippen LogP contribution in [0.15, 0.2) is 24.3 Å². The number of hydrogen-bond acceptors (Lipinski definition) is 4. The second kappa shape index (κ2) is 6.08. The van der Waals surface area contributed by atoms with E-state index in [-0.39, 0.29) is 12.3 Å². The summed E-state index contributed by atoms with van der Waals surface area (Å²) in [4.78, 5) is 12.2. The van der Waals surface area contributed by atoms with Crippen LogP contribution in [-0.4, -0.2) is 26.0 Å². The van der Waals surface area contributed by atoms with Crippen molar-refractivity contribution in [2.45, 2.75) is 26.6 Å². The Morgan fingerprint density at radius 3 is 2.64 bits per heavy atom. The summed E-state index contributed by atoms with van der Waals surface area (Å²) >= 11 is 0. The highest BCUT2D eigenvalue weighted by molar-refractivity contribution is 5.91. The molecule has 0 atom stereocenters. The van der Waals surface area contributed by atoms with Crippen molar-refractivity contribution < 1.29 is 18.0 Å². The fourth-order valence-electron chi connectivity index (χ4n) is 1.83. The van der Waals surface area contributed by atoms with Crippen LogP contribution < -0.4 is 0 Å². The van der Waals surface area contributed by atoms with Crippen molar-refractivity contribution in [1.82, 2.24) is 20.2 Å². The Balaban J connectivity index is 2.42. The van der Waals surface area contributed by atoms with Crippen molar-refractivity contribution in [3.8, 4) is 0 Å². The standard InChI is InChI=1S/C14H13F3N4O/c1-9(22)3-4-11-5-6-13(14(15,16)17)7-12(11)8-21-19-10(2)18-20-21/h3-7H,8H2,1-2H3/b4-3+. The number of allylic oxidation sites excluding steroid dienone is 1. The fourth-order valence-corrected chi connectivity index (χ4v) is 1.83. The molecule has 0 saturated carbocycles. The van der Waals surface area contributed by atoms with Crippen LogP contribution in [0.2, 0.25) is 0 Å². The van der Waals surface area contributed by atoms with E-state index in [1.165, 1.54) is 29.9 Å². The molecule has 0 N–H and O–H groups in total. The molecule has 0 bridgehead atoms. The molecule has 116 valence electrons. The highest BCUT2D eigenvalue weighted by atomic mass is 19.4. The van der Waals surface area contributed by atoms with Gasteiger partial charge in [-0.2, -0.15) is 18.0 Å². The zero-order chi connectivity index (χ0) is 16.3. The van der Waals surface area contributed by atoms with Gasteiger partial charge in [0.15, 0.2) is 11.6 Å². The SMILES string of the molecule is CC(=O)/C=C/c1ccc(C(F)(F)F)cc1Cn1nnc(C)n1. The number of nitrogens with zero attached hydrogens (tertiary/aromatic N) is 4. The molecule has 0 aliphatic carbocycles. The summed E-state index contributed by atoms with van der Waals surface area (Å²) in [7, 11) is 0. The van der Waals surface area contributed by atoms with E-state index in [1.54, 1.807) is 6.92 Å². The molecule has 5 nitrogen and oxygen atoms in total. The maximum atomic E-state index is 12.8. The van der Waals surface area contributed by atoms with Crippen LogP contribution in [0.3, 0.4) is 0 Å². The van der Waals surface area contributed by atoms with Gasteiger partial charge in [-0.3, -0.25) is 4.79 Å². The van der Waals surface area contributed by atoms with E-state index >= 15 is 0 Å². The van der Waals surface area contributed by atoms with Crippen LogP contribution in [0.1, 0.15) is 29.4 Å². The van der Waals surface area contributed by atoms with Crippen LogP contribution in [0.5, 0.6) is 0 Å². The normalized spacial score (nSPS) is 12.0. The quantitative estimate of drug-likeness (QED) is 0.815. The first-order valence-electron chi connectivity index (χ1n) is 6.39. The molecule has 0 spiro atoms. The van der Waals surface area contributed by atoms with Gasteiger partial charge < -0.3 is 0 Å². The number of ketones is 1. The molecule has 22 heavy (non-hydrogen) atoms. The molecule has 0 amide bonds. The Morgan fingerprint density at radius 1 is 1.36 bits per heavy atom. The maximum absolute atomic E-state index is 12.8.